The lowest BCUT2D eigenvalue weighted by Crippen LogP contribution is -2.16. The number of Topliss-reactive ketones (excluding diaryl/α,β-unsaturated/α-hetero) is 1. The molecule has 1 aliphatic carbocycles. The first-order chi connectivity index (χ1) is 9.70. The number of esters is 1. The van der Waals surface area contributed by atoms with E-state index in [2.05, 4.69) is 4.74 Å². The fourth-order valence-corrected chi connectivity index (χ4v) is 3.60. The zero-order valence-corrected chi connectivity index (χ0v) is 11.9. The minimum Gasteiger partial charge on any atom is -0.463 e. The van der Waals surface area contributed by atoms with Crippen LogP contribution in [-0.4, -0.2) is 18.9 Å². The number of hydrogen-bond donors (Lipinski definition) is 0. The molecule has 0 fully saturated rings. The van der Waals surface area contributed by atoms with Crippen molar-refractivity contribution in [2.75, 3.05) is 7.11 Å². The zero-order chi connectivity index (χ0) is 14.1. The molecule has 0 saturated heterocycles. The number of aryl methyl sites for hydroxylation is 1. The third-order valence-electron chi connectivity index (χ3n) is 3.60. The summed E-state index contributed by atoms with van der Waals surface area (Å²) in [5.41, 5.74) is 1.11. The van der Waals surface area contributed by atoms with Gasteiger partial charge < -0.3 is 9.15 Å². The number of fused-ring (bicyclic) bond motifs is 1. The summed E-state index contributed by atoms with van der Waals surface area (Å²) in [7, 11) is 1.28. The van der Waals surface area contributed by atoms with Crippen LogP contribution in [0.3, 0.4) is 0 Å². The summed E-state index contributed by atoms with van der Waals surface area (Å²) < 4.78 is 9.90. The molecule has 2 heterocycles. The van der Waals surface area contributed by atoms with E-state index in [0.29, 0.717) is 0 Å². The molecule has 0 saturated carbocycles. The van der Waals surface area contributed by atoms with Gasteiger partial charge in [-0.25, -0.2) is 4.79 Å². The fourth-order valence-electron chi connectivity index (χ4n) is 2.61. The highest BCUT2D eigenvalue weighted by Gasteiger charge is 2.30. The third kappa shape index (κ3) is 2.18. The molecular weight excluding hydrogens is 276 g/mol. The predicted molar refractivity (Wildman–Crippen MR) is 74.4 cm³/mol. The topological polar surface area (TPSA) is 56.5 Å². The van der Waals surface area contributed by atoms with Crippen LogP contribution in [0.2, 0.25) is 0 Å². The van der Waals surface area contributed by atoms with Crippen LogP contribution >= 0.6 is 11.3 Å². The molecule has 0 N–H and O–H groups in total. The van der Waals surface area contributed by atoms with Gasteiger partial charge >= 0.3 is 5.97 Å². The molecule has 0 aliphatic heterocycles. The van der Waals surface area contributed by atoms with Crippen LogP contribution in [0.25, 0.3) is 0 Å². The summed E-state index contributed by atoms with van der Waals surface area (Å²) in [6, 6.07) is 5.05. The Balaban J connectivity index is 1.87. The van der Waals surface area contributed by atoms with Gasteiger partial charge in [-0.3, -0.25) is 4.79 Å². The van der Waals surface area contributed by atoms with Gasteiger partial charge in [0.15, 0.2) is 5.76 Å². The Bertz CT molecular complexity index is 652. The van der Waals surface area contributed by atoms with Crippen LogP contribution in [0, 0.1) is 0 Å². The van der Waals surface area contributed by atoms with Gasteiger partial charge in [-0.2, -0.15) is 0 Å². The van der Waals surface area contributed by atoms with E-state index >= 15 is 0 Å². The van der Waals surface area contributed by atoms with E-state index in [1.54, 1.807) is 17.4 Å². The minimum absolute atomic E-state index is 0.0560. The van der Waals surface area contributed by atoms with E-state index in [9.17, 15) is 9.59 Å². The smallest absolute Gasteiger partial charge is 0.373 e. The van der Waals surface area contributed by atoms with Gasteiger partial charge in [0.2, 0.25) is 11.5 Å². The molecule has 1 unspecified atom stereocenters. The lowest BCUT2D eigenvalue weighted by Gasteiger charge is -2.20. The first-order valence-corrected chi connectivity index (χ1v) is 7.37. The molecule has 0 amide bonds. The van der Waals surface area contributed by atoms with Gasteiger partial charge in [-0.15, -0.1) is 11.3 Å². The van der Waals surface area contributed by atoms with Crippen LogP contribution in [0.1, 0.15) is 50.3 Å². The SMILES string of the molecule is COC(=O)c1ccc(C(=O)C2CCCc3sccc32)o1. The normalized spacial score (nSPS) is 17.6. The van der Waals surface area contributed by atoms with Gasteiger partial charge in [0, 0.05) is 4.88 Å². The number of carbonyl (C=O) groups is 2. The van der Waals surface area contributed by atoms with Crippen molar-refractivity contribution in [1.29, 1.82) is 0 Å². The van der Waals surface area contributed by atoms with Crippen molar-refractivity contribution in [3.63, 3.8) is 0 Å². The fraction of sp³-hybridized carbons (Fsp3) is 0.333. The highest BCUT2D eigenvalue weighted by molar-refractivity contribution is 7.10. The van der Waals surface area contributed by atoms with Gasteiger partial charge in [-0.1, -0.05) is 0 Å². The molecule has 2 aromatic heterocycles. The van der Waals surface area contributed by atoms with E-state index in [0.717, 1.165) is 24.8 Å². The average Bonchev–Trinajstić information content (AvgIpc) is 3.13. The molecule has 104 valence electrons. The molecular formula is C15H14O4S. The van der Waals surface area contributed by atoms with Crippen molar-refractivity contribution >= 4 is 23.1 Å². The molecule has 0 bridgehead atoms. The van der Waals surface area contributed by atoms with Crippen molar-refractivity contribution in [1.82, 2.24) is 0 Å². The predicted octanol–water partition coefficient (Wildman–Crippen LogP) is 3.43. The van der Waals surface area contributed by atoms with Crippen molar-refractivity contribution in [2.45, 2.75) is 25.2 Å². The Kier molecular flexibility index (Phi) is 3.44. The quantitative estimate of drug-likeness (QED) is 0.642. The van der Waals surface area contributed by atoms with Crippen LogP contribution in [-0.2, 0) is 11.2 Å². The number of ether oxygens (including phenoxy) is 1. The maximum Gasteiger partial charge on any atom is 0.373 e. The van der Waals surface area contributed by atoms with Crippen LogP contribution in [0.4, 0.5) is 0 Å². The molecule has 0 radical (unpaired) electrons. The molecule has 0 aromatic carbocycles. The number of hydrogen-bond acceptors (Lipinski definition) is 5. The van der Waals surface area contributed by atoms with E-state index < -0.39 is 5.97 Å². The van der Waals surface area contributed by atoms with Crippen molar-refractivity contribution in [3.8, 4) is 0 Å². The van der Waals surface area contributed by atoms with E-state index in [1.165, 1.54) is 18.1 Å². The second-order valence-electron chi connectivity index (χ2n) is 4.76. The van der Waals surface area contributed by atoms with Crippen molar-refractivity contribution < 1.29 is 18.7 Å². The summed E-state index contributed by atoms with van der Waals surface area (Å²) in [5, 5.41) is 2.03. The van der Waals surface area contributed by atoms with Gasteiger partial charge in [0.25, 0.3) is 0 Å². The minimum atomic E-state index is -0.566. The molecule has 20 heavy (non-hydrogen) atoms. The van der Waals surface area contributed by atoms with E-state index in [1.807, 2.05) is 11.4 Å². The molecule has 4 nitrogen and oxygen atoms in total. The third-order valence-corrected chi connectivity index (χ3v) is 4.60. The molecule has 1 atom stereocenters. The van der Waals surface area contributed by atoms with Crippen molar-refractivity contribution in [2.24, 2.45) is 0 Å². The Hall–Kier alpha value is -1.88. The largest absolute Gasteiger partial charge is 0.463 e. The monoisotopic (exact) mass is 290 g/mol. The highest BCUT2D eigenvalue weighted by Crippen LogP contribution is 2.37. The molecule has 3 rings (SSSR count). The molecule has 1 aliphatic rings. The zero-order valence-electron chi connectivity index (χ0n) is 11.0. The number of ketones is 1. The van der Waals surface area contributed by atoms with E-state index in [-0.39, 0.29) is 23.2 Å². The number of methoxy groups -OCH3 is 1. The molecule has 2 aromatic rings. The second-order valence-corrected chi connectivity index (χ2v) is 5.76. The maximum atomic E-state index is 12.5. The Labute approximate surface area is 120 Å². The molecule has 5 heteroatoms. The first-order valence-electron chi connectivity index (χ1n) is 6.49. The maximum absolute atomic E-state index is 12.5. The van der Waals surface area contributed by atoms with Crippen LogP contribution < -0.4 is 0 Å². The number of furan rings is 1. The van der Waals surface area contributed by atoms with Gasteiger partial charge in [0.05, 0.1) is 13.0 Å². The summed E-state index contributed by atoms with van der Waals surface area (Å²) in [5.74, 6) is -0.475. The van der Waals surface area contributed by atoms with Crippen LogP contribution in [0.15, 0.2) is 28.0 Å². The second kappa shape index (κ2) is 5.25. The molecule has 0 spiro atoms. The van der Waals surface area contributed by atoms with Gasteiger partial charge in [0.1, 0.15) is 0 Å². The highest BCUT2D eigenvalue weighted by atomic mass is 32.1. The summed E-state index contributed by atoms with van der Waals surface area (Å²) >= 11 is 1.70. The average molecular weight is 290 g/mol. The van der Waals surface area contributed by atoms with Crippen LogP contribution in [0.5, 0.6) is 0 Å². The summed E-state index contributed by atoms with van der Waals surface area (Å²) in [4.78, 5) is 25.2. The number of thiophene rings is 1. The first kappa shape index (κ1) is 13.1. The Morgan fingerprint density at radius 2 is 2.10 bits per heavy atom. The summed E-state index contributed by atoms with van der Waals surface area (Å²) in [6.07, 6.45) is 2.88. The van der Waals surface area contributed by atoms with Crippen molar-refractivity contribution in [3.05, 3.63) is 45.5 Å². The van der Waals surface area contributed by atoms with E-state index in [4.69, 9.17) is 4.42 Å². The standard InChI is InChI=1S/C15H14O4S/c1-18-15(17)12-6-5-11(19-12)14(16)10-3-2-4-13-9(10)7-8-20-13/h5-8,10H,2-4H2,1H3. The lowest BCUT2D eigenvalue weighted by atomic mass is 9.84. The Morgan fingerprint density at radius 3 is 2.90 bits per heavy atom. The number of rotatable bonds is 3. The summed E-state index contributed by atoms with van der Waals surface area (Å²) in [6.45, 7) is 0. The number of carbonyl (C=O) groups excluding carboxylic acids is 2. The lowest BCUT2D eigenvalue weighted by molar-refractivity contribution is 0.0562. The Morgan fingerprint density at radius 1 is 1.30 bits per heavy atom. The van der Waals surface area contributed by atoms with Gasteiger partial charge in [-0.05, 0) is 48.4 Å².